The van der Waals surface area contributed by atoms with Crippen molar-refractivity contribution in [1.82, 2.24) is 5.06 Å². The molecule has 1 amide bonds. The largest absolute Gasteiger partial charge is 0.469 e. The molecule has 0 spiro atoms. The van der Waals surface area contributed by atoms with Gasteiger partial charge in [-0.3, -0.25) is 9.63 Å². The molecule has 1 fully saturated rings. The molecule has 1 saturated heterocycles. The first-order valence-electron chi connectivity index (χ1n) is 4.26. The number of esters is 1. The van der Waals surface area contributed by atoms with Gasteiger partial charge in [0.25, 0.3) is 0 Å². The Balaban J connectivity index is 2.34. The number of carbonyl (C=O) groups is 2. The first kappa shape index (κ1) is 10.8. The number of ether oxygens (including phenoxy) is 2. The normalized spacial score (nSPS) is 20.7. The van der Waals surface area contributed by atoms with E-state index in [0.717, 1.165) is 5.06 Å². The van der Waals surface area contributed by atoms with Crippen molar-refractivity contribution in [3.8, 4) is 0 Å². The number of hydroxylamine groups is 2. The van der Waals surface area contributed by atoms with Gasteiger partial charge in [-0.2, -0.15) is 5.06 Å². The van der Waals surface area contributed by atoms with E-state index in [1.165, 1.54) is 14.2 Å². The molecule has 14 heavy (non-hydrogen) atoms. The zero-order valence-electron chi connectivity index (χ0n) is 8.19. The SMILES string of the molecule is COC(=O)CC1CCN(C(=O)OC)O1. The van der Waals surface area contributed by atoms with Gasteiger partial charge in [0, 0.05) is 0 Å². The highest BCUT2D eigenvalue weighted by molar-refractivity contribution is 5.70. The molecule has 1 rings (SSSR count). The summed E-state index contributed by atoms with van der Waals surface area (Å²) in [7, 11) is 2.59. The van der Waals surface area contributed by atoms with Gasteiger partial charge < -0.3 is 9.47 Å². The molecule has 0 aromatic heterocycles. The molecule has 1 heterocycles. The molecule has 1 aliphatic rings. The monoisotopic (exact) mass is 203 g/mol. The van der Waals surface area contributed by atoms with Gasteiger partial charge in [-0.15, -0.1) is 0 Å². The second kappa shape index (κ2) is 4.80. The first-order chi connectivity index (χ1) is 6.67. The first-order valence-corrected chi connectivity index (χ1v) is 4.26. The van der Waals surface area contributed by atoms with Crippen LogP contribution >= 0.6 is 0 Å². The Bertz CT molecular complexity index is 230. The zero-order valence-corrected chi connectivity index (χ0v) is 8.19. The van der Waals surface area contributed by atoms with E-state index in [1.54, 1.807) is 0 Å². The van der Waals surface area contributed by atoms with Crippen LogP contribution in [0.2, 0.25) is 0 Å². The third-order valence-corrected chi connectivity index (χ3v) is 1.93. The second-order valence-corrected chi connectivity index (χ2v) is 2.87. The summed E-state index contributed by atoms with van der Waals surface area (Å²) >= 11 is 0. The van der Waals surface area contributed by atoms with Crippen LogP contribution in [0.1, 0.15) is 12.8 Å². The summed E-state index contributed by atoms with van der Waals surface area (Å²) in [6.07, 6.45) is -0.0623. The number of nitrogens with zero attached hydrogens (tertiary/aromatic N) is 1. The molecular weight excluding hydrogens is 190 g/mol. The molecule has 0 aromatic rings. The van der Waals surface area contributed by atoms with Gasteiger partial charge in [-0.05, 0) is 6.42 Å². The lowest BCUT2D eigenvalue weighted by molar-refractivity contribution is -0.153. The molecule has 0 bridgehead atoms. The van der Waals surface area contributed by atoms with Crippen molar-refractivity contribution >= 4 is 12.1 Å². The molecule has 1 atom stereocenters. The van der Waals surface area contributed by atoms with E-state index in [1.807, 2.05) is 0 Å². The van der Waals surface area contributed by atoms with Crippen LogP contribution in [0, 0.1) is 0 Å². The maximum absolute atomic E-state index is 11.0. The Morgan fingerprint density at radius 3 is 2.71 bits per heavy atom. The molecule has 0 aromatic carbocycles. The highest BCUT2D eigenvalue weighted by Gasteiger charge is 2.29. The molecule has 0 aliphatic carbocycles. The fourth-order valence-corrected chi connectivity index (χ4v) is 1.19. The summed E-state index contributed by atoms with van der Waals surface area (Å²) in [6.45, 7) is 0.439. The van der Waals surface area contributed by atoms with Gasteiger partial charge in [0.2, 0.25) is 0 Å². The highest BCUT2D eigenvalue weighted by atomic mass is 16.7. The maximum atomic E-state index is 11.0. The predicted molar refractivity (Wildman–Crippen MR) is 45.2 cm³/mol. The van der Waals surface area contributed by atoms with Crippen molar-refractivity contribution in [3.63, 3.8) is 0 Å². The van der Waals surface area contributed by atoms with Crippen molar-refractivity contribution in [2.75, 3.05) is 20.8 Å². The molecule has 0 N–H and O–H groups in total. The Morgan fingerprint density at radius 2 is 2.14 bits per heavy atom. The van der Waals surface area contributed by atoms with Crippen LogP contribution in [0.15, 0.2) is 0 Å². The minimum atomic E-state index is -0.544. The predicted octanol–water partition coefficient (Wildman–Crippen LogP) is 0.322. The van der Waals surface area contributed by atoms with Crippen LogP contribution in [-0.4, -0.2) is 44.0 Å². The van der Waals surface area contributed by atoms with Crippen LogP contribution in [-0.2, 0) is 19.1 Å². The van der Waals surface area contributed by atoms with E-state index in [9.17, 15) is 9.59 Å². The lowest BCUT2D eigenvalue weighted by Gasteiger charge is -2.13. The van der Waals surface area contributed by atoms with E-state index in [2.05, 4.69) is 9.47 Å². The van der Waals surface area contributed by atoms with Gasteiger partial charge in [-0.1, -0.05) is 0 Å². The van der Waals surface area contributed by atoms with Crippen LogP contribution in [0.4, 0.5) is 4.79 Å². The number of rotatable bonds is 2. The molecule has 0 saturated carbocycles. The fourth-order valence-electron chi connectivity index (χ4n) is 1.19. The van der Waals surface area contributed by atoms with E-state index < -0.39 is 6.09 Å². The Morgan fingerprint density at radius 1 is 1.43 bits per heavy atom. The zero-order chi connectivity index (χ0) is 10.6. The molecule has 0 radical (unpaired) electrons. The maximum Gasteiger partial charge on any atom is 0.433 e. The van der Waals surface area contributed by atoms with E-state index in [-0.39, 0.29) is 18.5 Å². The van der Waals surface area contributed by atoms with Crippen LogP contribution < -0.4 is 0 Å². The van der Waals surface area contributed by atoms with Crippen molar-refractivity contribution in [2.24, 2.45) is 0 Å². The summed E-state index contributed by atoms with van der Waals surface area (Å²) in [5.74, 6) is -0.346. The minimum absolute atomic E-state index is 0.157. The number of hydrogen-bond donors (Lipinski definition) is 0. The third kappa shape index (κ3) is 2.59. The average molecular weight is 203 g/mol. The van der Waals surface area contributed by atoms with E-state index in [0.29, 0.717) is 13.0 Å². The van der Waals surface area contributed by atoms with Crippen molar-refractivity contribution in [3.05, 3.63) is 0 Å². The van der Waals surface area contributed by atoms with Crippen LogP contribution in [0.25, 0.3) is 0 Å². The smallest absolute Gasteiger partial charge is 0.433 e. The molecule has 1 aliphatic heterocycles. The number of amides is 1. The van der Waals surface area contributed by atoms with Crippen molar-refractivity contribution < 1.29 is 23.9 Å². The van der Waals surface area contributed by atoms with Gasteiger partial charge >= 0.3 is 12.1 Å². The number of methoxy groups -OCH3 is 2. The average Bonchev–Trinajstić information content (AvgIpc) is 2.65. The van der Waals surface area contributed by atoms with Gasteiger partial charge in [0.05, 0.1) is 33.3 Å². The second-order valence-electron chi connectivity index (χ2n) is 2.87. The van der Waals surface area contributed by atoms with Gasteiger partial charge in [0.1, 0.15) is 0 Å². The summed E-state index contributed by atoms with van der Waals surface area (Å²) in [4.78, 5) is 27.0. The topological polar surface area (TPSA) is 65.1 Å². The van der Waals surface area contributed by atoms with E-state index >= 15 is 0 Å². The lowest BCUT2D eigenvalue weighted by atomic mass is 10.2. The third-order valence-electron chi connectivity index (χ3n) is 1.93. The quantitative estimate of drug-likeness (QED) is 0.605. The van der Waals surface area contributed by atoms with Gasteiger partial charge in [0.15, 0.2) is 0 Å². The standard InChI is InChI=1S/C8H13NO5/c1-12-7(10)5-6-3-4-9(14-6)8(11)13-2/h6H,3-5H2,1-2H3. The van der Waals surface area contributed by atoms with Gasteiger partial charge in [-0.25, -0.2) is 4.79 Å². The van der Waals surface area contributed by atoms with Crippen molar-refractivity contribution in [2.45, 2.75) is 18.9 Å². The fraction of sp³-hybridized carbons (Fsp3) is 0.750. The summed E-state index contributed by atoms with van der Waals surface area (Å²) in [5.41, 5.74) is 0. The molecular formula is C8H13NO5. The number of carbonyl (C=O) groups excluding carboxylic acids is 2. The number of hydrogen-bond acceptors (Lipinski definition) is 5. The minimum Gasteiger partial charge on any atom is -0.469 e. The lowest BCUT2D eigenvalue weighted by Crippen LogP contribution is -2.27. The highest BCUT2D eigenvalue weighted by Crippen LogP contribution is 2.17. The Kier molecular flexibility index (Phi) is 3.70. The van der Waals surface area contributed by atoms with Crippen LogP contribution in [0.5, 0.6) is 0 Å². The molecule has 80 valence electrons. The summed E-state index contributed by atoms with van der Waals surface area (Å²) in [6, 6.07) is 0. The Hall–Kier alpha value is -1.30. The van der Waals surface area contributed by atoms with Crippen molar-refractivity contribution in [1.29, 1.82) is 0 Å². The molecule has 6 heteroatoms. The van der Waals surface area contributed by atoms with Crippen LogP contribution in [0.3, 0.4) is 0 Å². The Labute approximate surface area is 81.7 Å². The molecule has 6 nitrogen and oxygen atoms in total. The molecule has 1 unspecified atom stereocenters. The summed E-state index contributed by atoms with van der Waals surface area (Å²) < 4.78 is 8.94. The van der Waals surface area contributed by atoms with E-state index in [4.69, 9.17) is 4.84 Å². The summed E-state index contributed by atoms with van der Waals surface area (Å²) in [5, 5.41) is 1.10.